The maximum atomic E-state index is 12.5. The third-order valence-electron chi connectivity index (χ3n) is 3.57. The van der Waals surface area contributed by atoms with Gasteiger partial charge in [-0.1, -0.05) is 0 Å². The molecule has 1 saturated heterocycles. The van der Waals surface area contributed by atoms with Crippen molar-refractivity contribution in [1.82, 2.24) is 4.31 Å². The van der Waals surface area contributed by atoms with Crippen LogP contribution in [0.1, 0.15) is 0 Å². The summed E-state index contributed by atoms with van der Waals surface area (Å²) in [6.07, 6.45) is 0. The number of nitrogens with zero attached hydrogens (tertiary/aromatic N) is 1. The van der Waals surface area contributed by atoms with E-state index in [9.17, 15) is 13.2 Å². The fourth-order valence-corrected chi connectivity index (χ4v) is 3.61. The van der Waals surface area contributed by atoms with Gasteiger partial charge in [0.05, 0.1) is 37.2 Å². The van der Waals surface area contributed by atoms with Gasteiger partial charge in [-0.2, -0.15) is 4.31 Å². The molecular formula is C13H17NO6S. The number of carboxylic acids is 1. The smallest absolute Gasteiger partial charge is 0.310 e. The van der Waals surface area contributed by atoms with Crippen LogP contribution in [0.25, 0.3) is 0 Å². The van der Waals surface area contributed by atoms with Crippen molar-refractivity contribution in [3.8, 4) is 5.75 Å². The first-order valence-corrected chi connectivity index (χ1v) is 7.74. The molecule has 8 heteroatoms. The molecule has 0 bridgehead atoms. The number of likely N-dealkylation sites (N-methyl/N-ethyl adjacent to an activating group) is 1. The first-order chi connectivity index (χ1) is 9.87. The lowest BCUT2D eigenvalue weighted by molar-refractivity contribution is -0.142. The Hall–Kier alpha value is -1.64. The van der Waals surface area contributed by atoms with Crippen molar-refractivity contribution in [3.05, 3.63) is 24.3 Å². The van der Waals surface area contributed by atoms with E-state index in [-0.39, 0.29) is 18.1 Å². The molecule has 1 fully saturated rings. The number of carbonyl (C=O) groups is 1. The maximum absolute atomic E-state index is 12.5. The zero-order valence-electron chi connectivity index (χ0n) is 11.7. The molecule has 2 unspecified atom stereocenters. The summed E-state index contributed by atoms with van der Waals surface area (Å²) in [4.78, 5) is 11.2. The Labute approximate surface area is 123 Å². The third kappa shape index (κ3) is 3.02. The minimum Gasteiger partial charge on any atom is -0.497 e. The highest BCUT2D eigenvalue weighted by Gasteiger charge is 2.41. The number of aliphatic carboxylic acids is 1. The molecule has 21 heavy (non-hydrogen) atoms. The van der Waals surface area contributed by atoms with E-state index in [2.05, 4.69) is 0 Å². The summed E-state index contributed by atoms with van der Waals surface area (Å²) in [7, 11) is -0.920. The summed E-state index contributed by atoms with van der Waals surface area (Å²) in [6.45, 7) is 0.0886. The number of hydrogen-bond donors (Lipinski definition) is 1. The normalized spacial score (nSPS) is 22.4. The van der Waals surface area contributed by atoms with E-state index < -0.39 is 28.0 Å². The van der Waals surface area contributed by atoms with Gasteiger partial charge in [-0.25, -0.2) is 8.42 Å². The van der Waals surface area contributed by atoms with E-state index in [0.29, 0.717) is 5.75 Å². The van der Waals surface area contributed by atoms with Gasteiger partial charge in [-0.05, 0) is 24.3 Å². The van der Waals surface area contributed by atoms with Crippen molar-refractivity contribution in [3.63, 3.8) is 0 Å². The predicted octanol–water partition coefficient (Wildman–Crippen LogP) is 0.415. The number of sulfonamides is 1. The second-order valence-electron chi connectivity index (χ2n) is 4.75. The molecule has 2 rings (SSSR count). The van der Waals surface area contributed by atoms with Crippen LogP contribution in [0, 0.1) is 5.92 Å². The molecule has 0 spiro atoms. The standard InChI is InChI=1S/C13H17NO6S/c1-14(12-8-20-7-11(12)13(15)16)21(17,18)10-5-3-9(19-2)4-6-10/h3-6,11-12H,7-8H2,1-2H3,(H,15,16). The van der Waals surface area contributed by atoms with E-state index >= 15 is 0 Å². The molecular weight excluding hydrogens is 298 g/mol. The summed E-state index contributed by atoms with van der Waals surface area (Å²) >= 11 is 0. The number of carboxylic acid groups (broad SMARTS) is 1. The largest absolute Gasteiger partial charge is 0.497 e. The topological polar surface area (TPSA) is 93.1 Å². The van der Waals surface area contributed by atoms with E-state index in [4.69, 9.17) is 14.6 Å². The van der Waals surface area contributed by atoms with Crippen LogP contribution in [0.3, 0.4) is 0 Å². The molecule has 1 aliphatic heterocycles. The van der Waals surface area contributed by atoms with Crippen LogP contribution >= 0.6 is 0 Å². The van der Waals surface area contributed by atoms with Crippen LogP contribution in [0.15, 0.2) is 29.2 Å². The van der Waals surface area contributed by atoms with Crippen LogP contribution in [0.4, 0.5) is 0 Å². The molecule has 0 amide bonds. The van der Waals surface area contributed by atoms with Gasteiger partial charge in [-0.15, -0.1) is 0 Å². The molecule has 1 N–H and O–H groups in total. The third-order valence-corrected chi connectivity index (χ3v) is 5.47. The molecule has 0 aliphatic carbocycles. The molecule has 116 valence electrons. The van der Waals surface area contributed by atoms with Crippen LogP contribution in [0.5, 0.6) is 5.75 Å². The van der Waals surface area contributed by atoms with Crippen LogP contribution in [0.2, 0.25) is 0 Å². The Morgan fingerprint density at radius 2 is 1.95 bits per heavy atom. The number of benzene rings is 1. The number of methoxy groups -OCH3 is 1. The van der Waals surface area contributed by atoms with E-state index in [1.807, 2.05) is 0 Å². The van der Waals surface area contributed by atoms with E-state index in [1.54, 1.807) is 12.1 Å². The summed E-state index contributed by atoms with van der Waals surface area (Å²) in [5.41, 5.74) is 0. The molecule has 0 radical (unpaired) electrons. The van der Waals surface area contributed by atoms with Gasteiger partial charge >= 0.3 is 5.97 Å². The van der Waals surface area contributed by atoms with Crippen molar-refractivity contribution in [1.29, 1.82) is 0 Å². The highest BCUT2D eigenvalue weighted by Crippen LogP contribution is 2.26. The Balaban J connectivity index is 2.27. The Morgan fingerprint density at radius 3 is 2.48 bits per heavy atom. The average molecular weight is 315 g/mol. The maximum Gasteiger partial charge on any atom is 0.310 e. The average Bonchev–Trinajstić information content (AvgIpc) is 2.96. The molecule has 0 aromatic heterocycles. The van der Waals surface area contributed by atoms with E-state index in [1.165, 1.54) is 26.3 Å². The second-order valence-corrected chi connectivity index (χ2v) is 6.74. The minimum atomic E-state index is -3.78. The van der Waals surface area contributed by atoms with Crippen LogP contribution in [-0.2, 0) is 19.6 Å². The lowest BCUT2D eigenvalue weighted by atomic mass is 10.1. The van der Waals surface area contributed by atoms with Crippen molar-refractivity contribution in [2.24, 2.45) is 5.92 Å². The van der Waals surface area contributed by atoms with Crippen LogP contribution < -0.4 is 4.74 Å². The van der Waals surface area contributed by atoms with Crippen molar-refractivity contribution < 1.29 is 27.8 Å². The van der Waals surface area contributed by atoms with Gasteiger partial charge in [-0.3, -0.25) is 4.79 Å². The first-order valence-electron chi connectivity index (χ1n) is 6.30. The summed E-state index contributed by atoms with van der Waals surface area (Å²) < 4.78 is 36.2. The fourth-order valence-electron chi connectivity index (χ4n) is 2.23. The second kappa shape index (κ2) is 6.00. The van der Waals surface area contributed by atoms with E-state index in [0.717, 1.165) is 4.31 Å². The van der Waals surface area contributed by atoms with Crippen molar-refractivity contribution >= 4 is 16.0 Å². The Morgan fingerprint density at radius 1 is 1.33 bits per heavy atom. The lowest BCUT2D eigenvalue weighted by Gasteiger charge is -2.25. The van der Waals surface area contributed by atoms with Crippen molar-refractivity contribution in [2.75, 3.05) is 27.4 Å². The number of rotatable bonds is 5. The summed E-state index contributed by atoms with van der Waals surface area (Å²) in [5.74, 6) is -1.37. The molecule has 1 aromatic rings. The SMILES string of the molecule is COc1ccc(S(=O)(=O)N(C)C2COCC2C(=O)O)cc1. The molecule has 1 aromatic carbocycles. The highest BCUT2D eigenvalue weighted by atomic mass is 32.2. The van der Waals surface area contributed by atoms with Gasteiger partial charge in [0, 0.05) is 7.05 Å². The number of hydrogen-bond acceptors (Lipinski definition) is 5. The molecule has 1 heterocycles. The lowest BCUT2D eigenvalue weighted by Crippen LogP contribution is -2.44. The van der Waals surface area contributed by atoms with Gasteiger partial charge in [0.2, 0.25) is 10.0 Å². The van der Waals surface area contributed by atoms with Gasteiger partial charge in [0.25, 0.3) is 0 Å². The summed E-state index contributed by atoms with van der Waals surface area (Å²) in [6, 6.07) is 5.22. The quantitative estimate of drug-likeness (QED) is 0.846. The van der Waals surface area contributed by atoms with Gasteiger partial charge < -0.3 is 14.6 Å². The molecule has 7 nitrogen and oxygen atoms in total. The highest BCUT2D eigenvalue weighted by molar-refractivity contribution is 7.89. The zero-order valence-corrected chi connectivity index (χ0v) is 12.5. The Kier molecular flexibility index (Phi) is 4.50. The minimum absolute atomic E-state index is 0.0163. The first kappa shape index (κ1) is 15.7. The Bertz CT molecular complexity index is 612. The molecule has 0 saturated carbocycles. The van der Waals surface area contributed by atoms with Gasteiger partial charge in [0.1, 0.15) is 5.75 Å². The van der Waals surface area contributed by atoms with Gasteiger partial charge in [0.15, 0.2) is 0 Å². The molecule has 2 atom stereocenters. The number of ether oxygens (including phenoxy) is 2. The van der Waals surface area contributed by atoms with Crippen molar-refractivity contribution in [2.45, 2.75) is 10.9 Å². The predicted molar refractivity (Wildman–Crippen MR) is 73.7 cm³/mol. The van der Waals surface area contributed by atoms with Crippen LogP contribution in [-0.4, -0.2) is 57.2 Å². The fraction of sp³-hybridized carbons (Fsp3) is 0.462. The zero-order chi connectivity index (χ0) is 15.6. The molecule has 1 aliphatic rings. The monoisotopic (exact) mass is 315 g/mol. The summed E-state index contributed by atoms with van der Waals surface area (Å²) in [5, 5.41) is 9.12.